The van der Waals surface area contributed by atoms with Crippen molar-refractivity contribution in [2.24, 2.45) is 0 Å². The minimum Gasteiger partial charge on any atom is -0.495 e. The molecule has 0 radical (unpaired) electrons. The van der Waals surface area contributed by atoms with Crippen LogP contribution in [0, 0.1) is 0 Å². The number of rotatable bonds is 5. The molecule has 0 saturated heterocycles. The first-order valence-electron chi connectivity index (χ1n) is 6.43. The molecule has 0 bridgehead atoms. The molecular weight excluding hydrogens is 293 g/mol. The van der Waals surface area contributed by atoms with E-state index in [0.717, 1.165) is 22.9 Å². The molecule has 0 aromatic heterocycles. The Balaban J connectivity index is 2.05. The number of hydrogen-bond acceptors (Lipinski definition) is 2. The molecule has 106 valence electrons. The maximum atomic E-state index is 6.02. The Morgan fingerprint density at radius 3 is 2.35 bits per heavy atom. The van der Waals surface area contributed by atoms with Crippen molar-refractivity contribution in [3.63, 3.8) is 0 Å². The number of anilines is 1. The van der Waals surface area contributed by atoms with Gasteiger partial charge in [-0.3, -0.25) is 0 Å². The average molecular weight is 310 g/mol. The summed E-state index contributed by atoms with van der Waals surface area (Å²) in [6, 6.07) is 13.7. The molecule has 2 nitrogen and oxygen atoms in total. The van der Waals surface area contributed by atoms with E-state index in [1.807, 2.05) is 42.5 Å². The Morgan fingerprint density at radius 2 is 1.70 bits per heavy atom. The van der Waals surface area contributed by atoms with E-state index in [-0.39, 0.29) is 6.04 Å². The zero-order chi connectivity index (χ0) is 14.5. The molecule has 0 aliphatic rings. The molecule has 1 atom stereocenters. The van der Waals surface area contributed by atoms with Gasteiger partial charge in [0.05, 0.1) is 12.8 Å². The lowest BCUT2D eigenvalue weighted by Crippen LogP contribution is -2.18. The summed E-state index contributed by atoms with van der Waals surface area (Å²) in [5.41, 5.74) is 2.14. The molecule has 0 heterocycles. The van der Waals surface area contributed by atoms with Crippen LogP contribution in [-0.4, -0.2) is 13.2 Å². The Hall–Kier alpha value is -1.38. The highest BCUT2D eigenvalue weighted by Gasteiger charge is 2.08. The van der Waals surface area contributed by atoms with E-state index >= 15 is 0 Å². The minimum atomic E-state index is 0.253. The van der Waals surface area contributed by atoms with Gasteiger partial charge in [0.1, 0.15) is 5.75 Å². The highest BCUT2D eigenvalue weighted by atomic mass is 35.5. The molecule has 4 heteroatoms. The van der Waals surface area contributed by atoms with Gasteiger partial charge in [-0.2, -0.15) is 0 Å². The van der Waals surface area contributed by atoms with E-state index in [0.29, 0.717) is 5.02 Å². The molecule has 2 aromatic carbocycles. The smallest absolute Gasteiger partial charge is 0.142 e. The second-order valence-electron chi connectivity index (χ2n) is 4.72. The van der Waals surface area contributed by atoms with E-state index in [1.165, 1.54) is 5.56 Å². The molecule has 0 spiro atoms. The summed E-state index contributed by atoms with van der Waals surface area (Å²) >= 11 is 11.9. The molecular formula is C16H17Cl2NO. The fourth-order valence-corrected chi connectivity index (χ4v) is 2.38. The molecule has 0 saturated carbocycles. The Morgan fingerprint density at radius 1 is 1.05 bits per heavy atom. The van der Waals surface area contributed by atoms with E-state index in [1.54, 1.807) is 7.11 Å². The fourth-order valence-electron chi connectivity index (χ4n) is 2.08. The van der Waals surface area contributed by atoms with E-state index in [2.05, 4.69) is 12.2 Å². The van der Waals surface area contributed by atoms with Gasteiger partial charge in [-0.25, -0.2) is 0 Å². The van der Waals surface area contributed by atoms with Crippen molar-refractivity contribution >= 4 is 28.9 Å². The van der Waals surface area contributed by atoms with E-state index in [9.17, 15) is 0 Å². The summed E-state index contributed by atoms with van der Waals surface area (Å²) in [7, 11) is 1.65. The van der Waals surface area contributed by atoms with Crippen molar-refractivity contribution in [2.75, 3.05) is 12.4 Å². The number of halogens is 2. The van der Waals surface area contributed by atoms with Crippen molar-refractivity contribution in [3.05, 3.63) is 58.1 Å². The summed E-state index contributed by atoms with van der Waals surface area (Å²) < 4.78 is 5.33. The van der Waals surface area contributed by atoms with Crippen molar-refractivity contribution < 1.29 is 4.74 Å². The second-order valence-corrected chi connectivity index (χ2v) is 5.59. The van der Waals surface area contributed by atoms with E-state index < -0.39 is 0 Å². The van der Waals surface area contributed by atoms with Crippen LogP contribution in [0.3, 0.4) is 0 Å². The normalized spacial score (nSPS) is 12.0. The van der Waals surface area contributed by atoms with Gasteiger partial charge in [-0.1, -0.05) is 35.3 Å². The van der Waals surface area contributed by atoms with Crippen LogP contribution in [-0.2, 0) is 6.42 Å². The summed E-state index contributed by atoms with van der Waals surface area (Å²) in [4.78, 5) is 0. The molecule has 1 N–H and O–H groups in total. The Labute approximate surface area is 129 Å². The lowest BCUT2D eigenvalue weighted by molar-refractivity contribution is 0.416. The van der Waals surface area contributed by atoms with Gasteiger partial charge in [0, 0.05) is 16.1 Å². The predicted molar refractivity (Wildman–Crippen MR) is 86.2 cm³/mol. The monoisotopic (exact) mass is 309 g/mol. The maximum Gasteiger partial charge on any atom is 0.142 e. The number of hydrogen-bond donors (Lipinski definition) is 1. The lowest BCUT2D eigenvalue weighted by atomic mass is 10.1. The molecule has 1 unspecified atom stereocenters. The standard InChI is InChI=1S/C16H17Cl2NO/c1-11(9-12-3-5-13(17)6-4-12)19-15-10-14(18)7-8-16(15)20-2/h3-8,10-11,19H,9H2,1-2H3. The number of ether oxygens (including phenoxy) is 1. The molecule has 2 aromatic rings. The molecule has 0 aliphatic heterocycles. The minimum absolute atomic E-state index is 0.253. The van der Waals surface area contributed by atoms with Gasteiger partial charge in [0.15, 0.2) is 0 Å². The number of nitrogens with one attached hydrogen (secondary N) is 1. The first kappa shape index (κ1) is 15.0. The molecule has 0 aliphatic carbocycles. The van der Waals surface area contributed by atoms with Crippen molar-refractivity contribution in [3.8, 4) is 5.75 Å². The summed E-state index contributed by atoms with van der Waals surface area (Å²) in [5, 5.41) is 4.87. The van der Waals surface area contributed by atoms with Crippen LogP contribution in [0.4, 0.5) is 5.69 Å². The molecule has 0 amide bonds. The third-order valence-electron chi connectivity index (χ3n) is 3.02. The number of benzene rings is 2. The van der Waals surface area contributed by atoms with Crippen LogP contribution >= 0.6 is 23.2 Å². The Bertz CT molecular complexity index is 569. The van der Waals surface area contributed by atoms with Gasteiger partial charge < -0.3 is 10.1 Å². The Kier molecular flexibility index (Phi) is 5.16. The summed E-state index contributed by atoms with van der Waals surface area (Å²) in [6.07, 6.45) is 0.896. The van der Waals surface area contributed by atoms with Crippen LogP contribution in [0.15, 0.2) is 42.5 Å². The van der Waals surface area contributed by atoms with Gasteiger partial charge in [-0.05, 0) is 49.2 Å². The molecule has 0 fully saturated rings. The zero-order valence-corrected chi connectivity index (χ0v) is 13.0. The van der Waals surface area contributed by atoms with Gasteiger partial charge in [0.2, 0.25) is 0 Å². The third kappa shape index (κ3) is 4.06. The summed E-state index contributed by atoms with van der Waals surface area (Å²) in [6.45, 7) is 2.12. The zero-order valence-electron chi connectivity index (χ0n) is 11.5. The third-order valence-corrected chi connectivity index (χ3v) is 3.51. The van der Waals surface area contributed by atoms with Crippen LogP contribution < -0.4 is 10.1 Å². The quantitative estimate of drug-likeness (QED) is 0.835. The lowest BCUT2D eigenvalue weighted by Gasteiger charge is -2.18. The van der Waals surface area contributed by atoms with Gasteiger partial charge in [0.25, 0.3) is 0 Å². The highest BCUT2D eigenvalue weighted by Crippen LogP contribution is 2.28. The largest absolute Gasteiger partial charge is 0.495 e. The first-order valence-corrected chi connectivity index (χ1v) is 7.18. The first-order chi connectivity index (χ1) is 9.58. The fraction of sp³-hybridized carbons (Fsp3) is 0.250. The van der Waals surface area contributed by atoms with Crippen LogP contribution in [0.2, 0.25) is 10.0 Å². The van der Waals surface area contributed by atoms with Crippen LogP contribution in [0.25, 0.3) is 0 Å². The molecule has 20 heavy (non-hydrogen) atoms. The SMILES string of the molecule is COc1ccc(Cl)cc1NC(C)Cc1ccc(Cl)cc1. The second kappa shape index (κ2) is 6.87. The van der Waals surface area contributed by atoms with Crippen LogP contribution in [0.5, 0.6) is 5.75 Å². The van der Waals surface area contributed by atoms with Crippen molar-refractivity contribution in [1.29, 1.82) is 0 Å². The van der Waals surface area contributed by atoms with E-state index in [4.69, 9.17) is 27.9 Å². The predicted octanol–water partition coefficient (Wildman–Crippen LogP) is 5.05. The molecule has 2 rings (SSSR count). The summed E-state index contributed by atoms with van der Waals surface area (Å²) in [5.74, 6) is 0.789. The van der Waals surface area contributed by atoms with Gasteiger partial charge >= 0.3 is 0 Å². The van der Waals surface area contributed by atoms with Crippen molar-refractivity contribution in [1.82, 2.24) is 0 Å². The van der Waals surface area contributed by atoms with Gasteiger partial charge in [-0.15, -0.1) is 0 Å². The highest BCUT2D eigenvalue weighted by molar-refractivity contribution is 6.31. The number of methoxy groups -OCH3 is 1. The van der Waals surface area contributed by atoms with Crippen LogP contribution in [0.1, 0.15) is 12.5 Å². The average Bonchev–Trinajstić information content (AvgIpc) is 2.41. The van der Waals surface area contributed by atoms with Crippen molar-refractivity contribution in [2.45, 2.75) is 19.4 Å². The maximum absolute atomic E-state index is 6.02. The topological polar surface area (TPSA) is 21.3 Å².